The fraction of sp³-hybridized carbons (Fsp3) is 1.00. The van der Waals surface area contributed by atoms with Crippen molar-refractivity contribution in [2.45, 2.75) is 67.2 Å². The molecule has 6 unspecified atom stereocenters. The first-order valence-corrected chi connectivity index (χ1v) is 13.8. The largest absolute Gasteiger partial charge is 0.394 e. The Labute approximate surface area is 183 Å². The van der Waals surface area contributed by atoms with Gasteiger partial charge in [0.05, 0.1) is 24.9 Å². The van der Waals surface area contributed by atoms with Gasteiger partial charge in [-0.3, -0.25) is 9.80 Å². The average molecular weight is 465 g/mol. The predicted octanol–water partition coefficient (Wildman–Crippen LogP) is -1.03. The van der Waals surface area contributed by atoms with Gasteiger partial charge in [0.1, 0.15) is 16.8 Å². The van der Waals surface area contributed by atoms with Crippen molar-refractivity contribution in [1.29, 1.82) is 0 Å². The first-order valence-electron chi connectivity index (χ1n) is 11.3. The van der Waals surface area contributed by atoms with Crippen LogP contribution < -0.4 is 10.0 Å². The molecule has 30 heavy (non-hydrogen) atoms. The molecule has 0 radical (unpaired) electrons. The van der Waals surface area contributed by atoms with Gasteiger partial charge in [-0.1, -0.05) is 0 Å². The highest BCUT2D eigenvalue weighted by Gasteiger charge is 2.47. The molecular formula is C19H36N4O5S2. The van der Waals surface area contributed by atoms with Gasteiger partial charge in [-0.05, 0) is 44.4 Å². The monoisotopic (exact) mass is 464 g/mol. The van der Waals surface area contributed by atoms with Crippen LogP contribution in [0.2, 0.25) is 0 Å². The van der Waals surface area contributed by atoms with Crippen LogP contribution >= 0.6 is 11.8 Å². The number of ether oxygens (including phenoxy) is 1. The summed E-state index contributed by atoms with van der Waals surface area (Å²) in [5.41, 5.74) is 0. The summed E-state index contributed by atoms with van der Waals surface area (Å²) >= 11 is 1.48. The molecule has 0 bridgehead atoms. The summed E-state index contributed by atoms with van der Waals surface area (Å²) in [6.07, 6.45) is 3.71. The molecule has 0 amide bonds. The Balaban J connectivity index is 1.36. The van der Waals surface area contributed by atoms with Gasteiger partial charge in [-0.25, -0.2) is 13.1 Å². The topological polar surface area (TPSA) is 114 Å². The lowest BCUT2D eigenvalue weighted by Crippen LogP contribution is -2.61. The van der Waals surface area contributed by atoms with Gasteiger partial charge in [0.15, 0.2) is 0 Å². The van der Waals surface area contributed by atoms with E-state index >= 15 is 0 Å². The smallest absolute Gasteiger partial charge is 0.223 e. The Kier molecular flexibility index (Phi) is 7.97. The maximum absolute atomic E-state index is 12.6. The van der Waals surface area contributed by atoms with E-state index in [0.717, 1.165) is 44.9 Å². The normalized spacial score (nSPS) is 39.5. The van der Waals surface area contributed by atoms with E-state index in [4.69, 9.17) is 4.74 Å². The van der Waals surface area contributed by atoms with Crippen LogP contribution in [0.4, 0.5) is 0 Å². The lowest BCUT2D eigenvalue weighted by Gasteiger charge is -2.44. The third-order valence-electron chi connectivity index (χ3n) is 6.86. The second kappa shape index (κ2) is 10.3. The van der Waals surface area contributed by atoms with Crippen molar-refractivity contribution in [2.75, 3.05) is 51.6 Å². The second-order valence-electron chi connectivity index (χ2n) is 8.75. The number of nitrogens with one attached hydrogen (secondary N) is 2. The van der Waals surface area contributed by atoms with Gasteiger partial charge in [-0.15, -0.1) is 11.8 Å². The summed E-state index contributed by atoms with van der Waals surface area (Å²) in [7, 11) is -3.41. The first kappa shape index (κ1) is 23.2. The van der Waals surface area contributed by atoms with Crippen molar-refractivity contribution in [2.24, 2.45) is 0 Å². The van der Waals surface area contributed by atoms with E-state index in [0.29, 0.717) is 12.6 Å². The molecule has 6 atom stereocenters. The molecule has 0 saturated carbocycles. The van der Waals surface area contributed by atoms with Gasteiger partial charge < -0.3 is 20.3 Å². The summed E-state index contributed by atoms with van der Waals surface area (Å²) in [6, 6.07) is -0.317. The zero-order chi connectivity index (χ0) is 21.1. The quantitative estimate of drug-likeness (QED) is 0.375. The van der Waals surface area contributed by atoms with Crippen LogP contribution in [-0.2, 0) is 14.8 Å². The number of aliphatic hydroxyl groups is 2. The molecule has 4 rings (SSSR count). The van der Waals surface area contributed by atoms with Crippen molar-refractivity contribution < 1.29 is 23.4 Å². The molecule has 0 aromatic carbocycles. The van der Waals surface area contributed by atoms with Crippen LogP contribution in [0.15, 0.2) is 0 Å². The highest BCUT2D eigenvalue weighted by Crippen LogP contribution is 2.31. The van der Waals surface area contributed by atoms with E-state index in [1.54, 1.807) is 0 Å². The van der Waals surface area contributed by atoms with E-state index in [9.17, 15) is 18.6 Å². The van der Waals surface area contributed by atoms with E-state index in [2.05, 4.69) is 19.8 Å². The minimum absolute atomic E-state index is 0.127. The molecule has 4 heterocycles. The lowest BCUT2D eigenvalue weighted by atomic mass is 10.0. The van der Waals surface area contributed by atoms with Crippen molar-refractivity contribution in [1.82, 2.24) is 19.8 Å². The molecule has 4 fully saturated rings. The Hall–Kier alpha value is 0.0200. The number of hydrogen-bond donors (Lipinski definition) is 4. The summed E-state index contributed by atoms with van der Waals surface area (Å²) in [5.74, 6) is 0.875. The fourth-order valence-corrected chi connectivity index (χ4v) is 8.37. The maximum Gasteiger partial charge on any atom is 0.223 e. The van der Waals surface area contributed by atoms with Gasteiger partial charge in [0, 0.05) is 32.7 Å². The number of aliphatic hydroxyl groups excluding tert-OH is 2. The molecule has 4 aliphatic rings. The summed E-state index contributed by atoms with van der Waals surface area (Å²) in [6.45, 7) is 4.32. The summed E-state index contributed by atoms with van der Waals surface area (Å²) < 4.78 is 33.4. The maximum atomic E-state index is 12.6. The average Bonchev–Trinajstić information content (AvgIpc) is 3.42. The molecule has 4 aliphatic heterocycles. The Morgan fingerprint density at radius 1 is 1.07 bits per heavy atom. The van der Waals surface area contributed by atoms with E-state index in [1.807, 2.05) is 0 Å². The standard InChI is InChI=1S/C19H36N4O5S2/c24-13-15-19(25)18(14(28-15)12-21-30(26,27)17-5-3-11-29-17)23-9-7-22(8-10-23)16-4-1-2-6-20-16/h14-21,24-25H,1-13H2. The summed E-state index contributed by atoms with van der Waals surface area (Å²) in [4.78, 5) is 4.68. The number of thioether (sulfide) groups is 1. The van der Waals surface area contributed by atoms with E-state index < -0.39 is 32.9 Å². The molecule has 4 saturated heterocycles. The molecule has 11 heteroatoms. The zero-order valence-electron chi connectivity index (χ0n) is 17.5. The Bertz CT molecular complexity index is 649. The number of hydrogen-bond acceptors (Lipinski definition) is 9. The van der Waals surface area contributed by atoms with Crippen LogP contribution in [0, 0.1) is 0 Å². The molecular weight excluding hydrogens is 428 g/mol. The highest BCUT2D eigenvalue weighted by molar-refractivity contribution is 8.13. The molecule has 0 aliphatic carbocycles. The van der Waals surface area contributed by atoms with Gasteiger partial charge >= 0.3 is 0 Å². The molecule has 0 aromatic heterocycles. The fourth-order valence-electron chi connectivity index (χ4n) is 5.17. The van der Waals surface area contributed by atoms with E-state index in [-0.39, 0.29) is 19.2 Å². The third kappa shape index (κ3) is 5.15. The Morgan fingerprint density at radius 3 is 2.47 bits per heavy atom. The van der Waals surface area contributed by atoms with Gasteiger partial charge in [0.25, 0.3) is 0 Å². The van der Waals surface area contributed by atoms with Crippen molar-refractivity contribution in [3.05, 3.63) is 0 Å². The Morgan fingerprint density at radius 2 is 1.83 bits per heavy atom. The SMILES string of the molecule is O=S(=O)(NCC1OC(CO)C(O)C1N1CCN(C2CCCCN2)CC1)C1CCCS1. The summed E-state index contributed by atoms with van der Waals surface area (Å²) in [5, 5.41) is 24.0. The van der Waals surface area contributed by atoms with Crippen LogP contribution in [0.5, 0.6) is 0 Å². The highest BCUT2D eigenvalue weighted by atomic mass is 32.3. The van der Waals surface area contributed by atoms with Crippen molar-refractivity contribution in [3.8, 4) is 0 Å². The second-order valence-corrected chi connectivity index (χ2v) is 12.3. The molecule has 0 aromatic rings. The lowest BCUT2D eigenvalue weighted by molar-refractivity contribution is -0.0201. The number of nitrogens with zero attached hydrogens (tertiary/aromatic N) is 2. The number of rotatable bonds is 7. The van der Waals surface area contributed by atoms with E-state index in [1.165, 1.54) is 31.0 Å². The van der Waals surface area contributed by atoms with Crippen LogP contribution in [0.25, 0.3) is 0 Å². The molecule has 174 valence electrons. The van der Waals surface area contributed by atoms with Crippen LogP contribution in [0.3, 0.4) is 0 Å². The molecule has 0 spiro atoms. The number of piperidine rings is 1. The number of piperazine rings is 1. The van der Waals surface area contributed by atoms with Crippen LogP contribution in [-0.4, -0.2) is 115 Å². The van der Waals surface area contributed by atoms with Crippen LogP contribution in [0.1, 0.15) is 32.1 Å². The number of sulfonamides is 1. The first-order chi connectivity index (χ1) is 14.5. The molecule has 4 N–H and O–H groups in total. The minimum atomic E-state index is -3.41. The minimum Gasteiger partial charge on any atom is -0.394 e. The third-order valence-corrected chi connectivity index (χ3v) is 10.7. The zero-order valence-corrected chi connectivity index (χ0v) is 19.1. The molecule has 9 nitrogen and oxygen atoms in total. The van der Waals surface area contributed by atoms with Gasteiger partial charge in [-0.2, -0.15) is 0 Å². The van der Waals surface area contributed by atoms with Crippen molar-refractivity contribution >= 4 is 21.8 Å². The predicted molar refractivity (Wildman–Crippen MR) is 117 cm³/mol. The van der Waals surface area contributed by atoms with Crippen molar-refractivity contribution in [3.63, 3.8) is 0 Å². The van der Waals surface area contributed by atoms with Gasteiger partial charge in [0.2, 0.25) is 10.0 Å².